The van der Waals surface area contributed by atoms with Gasteiger partial charge in [0.25, 0.3) is 0 Å². The van der Waals surface area contributed by atoms with E-state index in [0.717, 1.165) is 21.9 Å². The van der Waals surface area contributed by atoms with Gasteiger partial charge in [0, 0.05) is 16.9 Å². The molecule has 11 heavy (non-hydrogen) atoms. The van der Waals surface area contributed by atoms with E-state index in [1.807, 2.05) is 6.07 Å². The van der Waals surface area contributed by atoms with Crippen molar-refractivity contribution in [1.29, 1.82) is 0 Å². The van der Waals surface area contributed by atoms with Crippen molar-refractivity contribution in [2.45, 2.75) is 5.33 Å². The maximum atomic E-state index is 4.18. The van der Waals surface area contributed by atoms with Crippen LogP contribution in [0, 0.1) is 0 Å². The highest BCUT2D eigenvalue weighted by atomic mass is 79.9. The Morgan fingerprint density at radius 3 is 3.27 bits per heavy atom. The topological polar surface area (TPSA) is 41.6 Å². The number of pyridine rings is 1. The highest BCUT2D eigenvalue weighted by Gasteiger charge is 2.00. The zero-order valence-electron chi connectivity index (χ0n) is 5.71. The van der Waals surface area contributed by atoms with Crippen LogP contribution < -0.4 is 0 Å². The van der Waals surface area contributed by atoms with Crippen LogP contribution in [-0.4, -0.2) is 15.2 Å². The summed E-state index contributed by atoms with van der Waals surface area (Å²) in [7, 11) is 0. The number of rotatable bonds is 1. The maximum Gasteiger partial charge on any atom is 0.0874 e. The molecular formula is C7H6BrN3. The largest absolute Gasteiger partial charge is 0.276 e. The summed E-state index contributed by atoms with van der Waals surface area (Å²) < 4.78 is 0. The van der Waals surface area contributed by atoms with E-state index >= 15 is 0 Å². The van der Waals surface area contributed by atoms with Crippen molar-refractivity contribution in [3.63, 3.8) is 0 Å². The van der Waals surface area contributed by atoms with Gasteiger partial charge in [0.2, 0.25) is 0 Å². The third-order valence-electron chi connectivity index (χ3n) is 1.57. The highest BCUT2D eigenvalue weighted by Crippen LogP contribution is 2.14. The monoisotopic (exact) mass is 211 g/mol. The average molecular weight is 212 g/mol. The Balaban J connectivity index is 2.79. The number of H-pyrrole nitrogens is 1. The summed E-state index contributed by atoms with van der Waals surface area (Å²) in [5, 5.41) is 8.68. The number of hydrogen-bond donors (Lipinski definition) is 1. The van der Waals surface area contributed by atoms with Crippen LogP contribution in [0.5, 0.6) is 0 Å². The Kier molecular flexibility index (Phi) is 1.62. The van der Waals surface area contributed by atoms with Crippen LogP contribution in [0.4, 0.5) is 0 Å². The molecule has 56 valence electrons. The van der Waals surface area contributed by atoms with E-state index < -0.39 is 0 Å². The number of fused-ring (bicyclic) bond motifs is 1. The number of alkyl halides is 1. The summed E-state index contributed by atoms with van der Waals surface area (Å²) in [6.45, 7) is 0. The summed E-state index contributed by atoms with van der Waals surface area (Å²) in [6, 6.07) is 1.94. The molecule has 0 aliphatic carbocycles. The standard InChI is InChI=1S/C7H6BrN3/c8-3-6-7-5(1-2-9-6)4-10-11-7/h1-2,4H,3H2,(H,10,11). The molecule has 1 N–H and O–H groups in total. The van der Waals surface area contributed by atoms with E-state index in [2.05, 4.69) is 31.1 Å². The molecule has 2 heterocycles. The van der Waals surface area contributed by atoms with Gasteiger partial charge < -0.3 is 0 Å². The number of aromatic nitrogens is 3. The number of nitrogens with one attached hydrogen (secondary N) is 1. The lowest BCUT2D eigenvalue weighted by Gasteiger charge is -1.93. The molecule has 0 amide bonds. The Morgan fingerprint density at radius 1 is 1.55 bits per heavy atom. The molecule has 0 saturated carbocycles. The van der Waals surface area contributed by atoms with Crippen LogP contribution in [0.25, 0.3) is 10.9 Å². The third kappa shape index (κ3) is 1.03. The molecule has 0 bridgehead atoms. The van der Waals surface area contributed by atoms with E-state index in [9.17, 15) is 0 Å². The molecule has 0 fully saturated rings. The molecule has 0 aliphatic heterocycles. The van der Waals surface area contributed by atoms with Crippen LogP contribution in [0.1, 0.15) is 5.69 Å². The second kappa shape index (κ2) is 2.62. The lowest BCUT2D eigenvalue weighted by atomic mass is 10.3. The molecule has 3 nitrogen and oxygen atoms in total. The van der Waals surface area contributed by atoms with Gasteiger partial charge in [-0.25, -0.2) is 0 Å². The molecule has 4 heteroatoms. The van der Waals surface area contributed by atoms with Crippen LogP contribution >= 0.6 is 15.9 Å². The lowest BCUT2D eigenvalue weighted by Crippen LogP contribution is -1.85. The second-order valence-electron chi connectivity index (χ2n) is 2.23. The molecular weight excluding hydrogens is 206 g/mol. The van der Waals surface area contributed by atoms with Crippen molar-refractivity contribution in [1.82, 2.24) is 15.2 Å². The molecule has 0 radical (unpaired) electrons. The van der Waals surface area contributed by atoms with Crippen molar-refractivity contribution in [2.24, 2.45) is 0 Å². The average Bonchev–Trinajstić information content (AvgIpc) is 2.50. The van der Waals surface area contributed by atoms with Gasteiger partial charge in [0.15, 0.2) is 0 Å². The number of aromatic amines is 1. The van der Waals surface area contributed by atoms with Crippen molar-refractivity contribution in [3.05, 3.63) is 24.2 Å². The Hall–Kier alpha value is -0.900. The van der Waals surface area contributed by atoms with Gasteiger partial charge in [0.05, 0.1) is 17.4 Å². The quantitative estimate of drug-likeness (QED) is 0.733. The van der Waals surface area contributed by atoms with Crippen LogP contribution in [0.3, 0.4) is 0 Å². The van der Waals surface area contributed by atoms with Crippen molar-refractivity contribution in [3.8, 4) is 0 Å². The fourth-order valence-corrected chi connectivity index (χ4v) is 1.45. The van der Waals surface area contributed by atoms with Gasteiger partial charge in [0.1, 0.15) is 0 Å². The summed E-state index contributed by atoms with van der Waals surface area (Å²) in [6.07, 6.45) is 3.58. The lowest BCUT2D eigenvalue weighted by molar-refractivity contribution is 1.10. The summed E-state index contributed by atoms with van der Waals surface area (Å²) >= 11 is 3.35. The van der Waals surface area contributed by atoms with E-state index in [-0.39, 0.29) is 0 Å². The minimum absolute atomic E-state index is 0.756. The van der Waals surface area contributed by atoms with Crippen LogP contribution in [0.15, 0.2) is 18.5 Å². The van der Waals surface area contributed by atoms with Crippen LogP contribution in [0.2, 0.25) is 0 Å². The summed E-state index contributed by atoms with van der Waals surface area (Å²) in [4.78, 5) is 4.18. The molecule has 0 aromatic carbocycles. The summed E-state index contributed by atoms with van der Waals surface area (Å²) in [5.74, 6) is 0. The smallest absolute Gasteiger partial charge is 0.0874 e. The van der Waals surface area contributed by atoms with E-state index in [0.29, 0.717) is 0 Å². The van der Waals surface area contributed by atoms with E-state index in [1.54, 1.807) is 12.4 Å². The fraction of sp³-hybridized carbons (Fsp3) is 0.143. The third-order valence-corrected chi connectivity index (χ3v) is 2.10. The van der Waals surface area contributed by atoms with Crippen molar-refractivity contribution >= 4 is 26.8 Å². The van der Waals surface area contributed by atoms with Gasteiger partial charge in [-0.3, -0.25) is 10.1 Å². The first-order valence-electron chi connectivity index (χ1n) is 3.25. The number of nitrogens with zero attached hydrogens (tertiary/aromatic N) is 2. The Bertz CT molecular complexity index is 368. The maximum absolute atomic E-state index is 4.18. The number of halogens is 1. The molecule has 2 aromatic heterocycles. The number of hydrogen-bond acceptors (Lipinski definition) is 2. The molecule has 0 unspecified atom stereocenters. The fourth-order valence-electron chi connectivity index (χ4n) is 1.03. The Labute approximate surface area is 72.0 Å². The molecule has 0 saturated heterocycles. The van der Waals surface area contributed by atoms with Gasteiger partial charge in [-0.15, -0.1) is 0 Å². The predicted molar refractivity (Wildman–Crippen MR) is 46.5 cm³/mol. The Morgan fingerprint density at radius 2 is 2.45 bits per heavy atom. The first kappa shape index (κ1) is 6.79. The predicted octanol–water partition coefficient (Wildman–Crippen LogP) is 1.85. The minimum Gasteiger partial charge on any atom is -0.276 e. The van der Waals surface area contributed by atoms with E-state index in [1.165, 1.54) is 0 Å². The first-order valence-corrected chi connectivity index (χ1v) is 4.37. The molecule has 0 spiro atoms. The van der Waals surface area contributed by atoms with Gasteiger partial charge in [-0.2, -0.15) is 5.10 Å². The van der Waals surface area contributed by atoms with E-state index in [4.69, 9.17) is 0 Å². The first-order chi connectivity index (χ1) is 5.42. The molecule has 2 rings (SSSR count). The normalized spacial score (nSPS) is 10.6. The van der Waals surface area contributed by atoms with Crippen molar-refractivity contribution < 1.29 is 0 Å². The van der Waals surface area contributed by atoms with Crippen LogP contribution in [-0.2, 0) is 5.33 Å². The molecule has 0 atom stereocenters. The summed E-state index contributed by atoms with van der Waals surface area (Å²) in [5.41, 5.74) is 2.02. The zero-order chi connectivity index (χ0) is 7.68. The van der Waals surface area contributed by atoms with Gasteiger partial charge in [-0.05, 0) is 6.07 Å². The zero-order valence-corrected chi connectivity index (χ0v) is 7.30. The molecule has 0 aliphatic rings. The van der Waals surface area contributed by atoms with Gasteiger partial charge >= 0.3 is 0 Å². The van der Waals surface area contributed by atoms with Gasteiger partial charge in [-0.1, -0.05) is 15.9 Å². The SMILES string of the molecule is BrCc1nccc2cn[nH]c12. The molecule has 2 aromatic rings. The highest BCUT2D eigenvalue weighted by molar-refractivity contribution is 9.08. The van der Waals surface area contributed by atoms with Crippen molar-refractivity contribution in [2.75, 3.05) is 0 Å². The minimum atomic E-state index is 0.756. The second-order valence-corrected chi connectivity index (χ2v) is 2.79.